The molecule has 0 spiro atoms. The summed E-state index contributed by atoms with van der Waals surface area (Å²) in [6.45, 7) is 0. The van der Waals surface area contributed by atoms with Crippen LogP contribution in [0.2, 0.25) is 0 Å². The Labute approximate surface area is 102 Å². The molecule has 5 heteroatoms. The monoisotopic (exact) mass is 239 g/mol. The molecule has 3 aromatic rings. The summed E-state index contributed by atoms with van der Waals surface area (Å²) in [4.78, 5) is 16.0. The molecule has 0 bridgehead atoms. The summed E-state index contributed by atoms with van der Waals surface area (Å²) in [6.07, 6.45) is 1.61. The Kier molecular flexibility index (Phi) is 2.49. The van der Waals surface area contributed by atoms with Crippen LogP contribution in [0.3, 0.4) is 0 Å². The first kappa shape index (κ1) is 10.5. The molecular formula is C13H9N3O2. The molecule has 0 fully saturated rings. The highest BCUT2D eigenvalue weighted by Gasteiger charge is 2.15. The Morgan fingerprint density at radius 2 is 1.94 bits per heavy atom. The van der Waals surface area contributed by atoms with Gasteiger partial charge in [-0.05, 0) is 24.3 Å². The van der Waals surface area contributed by atoms with Crippen molar-refractivity contribution in [3.63, 3.8) is 0 Å². The van der Waals surface area contributed by atoms with E-state index in [1.165, 1.54) is 0 Å². The van der Waals surface area contributed by atoms with Crippen molar-refractivity contribution in [2.45, 2.75) is 0 Å². The lowest BCUT2D eigenvalue weighted by molar-refractivity contribution is 0.101. The molecule has 0 unspecified atom stereocenters. The van der Waals surface area contributed by atoms with Gasteiger partial charge in [0.2, 0.25) is 0 Å². The Balaban J connectivity index is 1.93. The van der Waals surface area contributed by atoms with Gasteiger partial charge >= 0.3 is 0 Å². The van der Waals surface area contributed by atoms with Gasteiger partial charge in [0, 0.05) is 6.20 Å². The van der Waals surface area contributed by atoms with Crippen LogP contribution in [-0.2, 0) is 0 Å². The van der Waals surface area contributed by atoms with E-state index < -0.39 is 0 Å². The normalized spacial score (nSPS) is 10.4. The number of carbonyl (C=O) groups is 1. The number of nitrogens with zero attached hydrogens (tertiary/aromatic N) is 2. The number of benzene rings is 1. The van der Waals surface area contributed by atoms with E-state index in [2.05, 4.69) is 15.5 Å². The van der Waals surface area contributed by atoms with Gasteiger partial charge in [0.05, 0.1) is 5.39 Å². The Hall–Kier alpha value is -2.69. The van der Waals surface area contributed by atoms with Gasteiger partial charge in [0.1, 0.15) is 5.82 Å². The topological polar surface area (TPSA) is 68.0 Å². The molecule has 0 saturated heterocycles. The summed E-state index contributed by atoms with van der Waals surface area (Å²) in [5.41, 5.74) is 0.847. The third kappa shape index (κ3) is 1.82. The molecule has 18 heavy (non-hydrogen) atoms. The maximum atomic E-state index is 12.0. The highest BCUT2D eigenvalue weighted by molar-refractivity contribution is 6.10. The number of amides is 1. The van der Waals surface area contributed by atoms with E-state index in [4.69, 9.17) is 4.52 Å². The summed E-state index contributed by atoms with van der Waals surface area (Å²) in [7, 11) is 0. The minimum Gasteiger partial charge on any atom is -0.355 e. The molecule has 0 aliphatic carbocycles. The van der Waals surface area contributed by atoms with Crippen LogP contribution >= 0.6 is 0 Å². The van der Waals surface area contributed by atoms with Crippen LogP contribution in [0.4, 0.5) is 5.82 Å². The van der Waals surface area contributed by atoms with E-state index in [1.807, 2.05) is 12.1 Å². The Morgan fingerprint density at radius 1 is 1.11 bits per heavy atom. The van der Waals surface area contributed by atoms with Crippen LogP contribution < -0.4 is 5.32 Å². The van der Waals surface area contributed by atoms with Gasteiger partial charge in [-0.3, -0.25) is 4.79 Å². The smallest absolute Gasteiger partial charge is 0.279 e. The average Bonchev–Trinajstić information content (AvgIpc) is 2.84. The van der Waals surface area contributed by atoms with Gasteiger partial charge in [-0.15, -0.1) is 0 Å². The quantitative estimate of drug-likeness (QED) is 0.745. The molecule has 5 nitrogen and oxygen atoms in total. The zero-order valence-corrected chi connectivity index (χ0v) is 9.33. The fraction of sp³-hybridized carbons (Fsp3) is 0. The summed E-state index contributed by atoms with van der Waals surface area (Å²) in [5, 5.41) is 7.13. The first-order chi connectivity index (χ1) is 8.84. The van der Waals surface area contributed by atoms with Crippen molar-refractivity contribution in [2.75, 3.05) is 5.32 Å². The molecule has 0 aliphatic rings. The molecular weight excluding hydrogens is 230 g/mol. The molecule has 1 amide bonds. The van der Waals surface area contributed by atoms with Crippen molar-refractivity contribution >= 4 is 22.7 Å². The van der Waals surface area contributed by atoms with E-state index in [0.29, 0.717) is 16.8 Å². The predicted octanol–water partition coefficient (Wildman–Crippen LogP) is 2.48. The summed E-state index contributed by atoms with van der Waals surface area (Å²) in [5.74, 6) is 0.147. The van der Waals surface area contributed by atoms with Gasteiger partial charge in [0.25, 0.3) is 5.91 Å². The Bertz CT molecular complexity index is 692. The van der Waals surface area contributed by atoms with E-state index in [-0.39, 0.29) is 11.6 Å². The third-order valence-corrected chi connectivity index (χ3v) is 2.50. The number of fused-ring (bicyclic) bond motifs is 1. The number of rotatable bonds is 2. The minimum atomic E-state index is -0.335. The van der Waals surface area contributed by atoms with Crippen LogP contribution in [0.1, 0.15) is 10.5 Å². The van der Waals surface area contributed by atoms with Crippen molar-refractivity contribution in [2.24, 2.45) is 0 Å². The summed E-state index contributed by atoms with van der Waals surface area (Å²) < 4.78 is 5.08. The molecule has 88 valence electrons. The zero-order valence-electron chi connectivity index (χ0n) is 9.33. The highest BCUT2D eigenvalue weighted by atomic mass is 16.5. The number of para-hydroxylation sites is 1. The molecule has 0 radical (unpaired) electrons. The summed E-state index contributed by atoms with van der Waals surface area (Å²) in [6, 6.07) is 12.5. The lowest BCUT2D eigenvalue weighted by Gasteiger charge is -2.00. The van der Waals surface area contributed by atoms with Crippen LogP contribution in [0.5, 0.6) is 0 Å². The SMILES string of the molecule is O=C(Nc1ccccn1)c1noc2ccccc12. The molecule has 0 aliphatic heterocycles. The second-order valence-electron chi connectivity index (χ2n) is 3.70. The molecule has 0 atom stereocenters. The fourth-order valence-corrected chi connectivity index (χ4v) is 1.66. The van der Waals surface area contributed by atoms with Crippen LogP contribution in [-0.4, -0.2) is 16.0 Å². The lowest BCUT2D eigenvalue weighted by atomic mass is 10.2. The second kappa shape index (κ2) is 4.29. The lowest BCUT2D eigenvalue weighted by Crippen LogP contribution is -2.13. The molecule has 0 saturated carbocycles. The average molecular weight is 239 g/mol. The molecule has 1 N–H and O–H groups in total. The van der Waals surface area contributed by atoms with Crippen molar-refractivity contribution in [1.29, 1.82) is 0 Å². The standard InChI is InChI=1S/C13H9N3O2/c17-13(15-11-7-3-4-8-14-11)12-9-5-1-2-6-10(9)18-16-12/h1-8H,(H,14,15,17). The van der Waals surface area contributed by atoms with Gasteiger partial charge in [-0.25, -0.2) is 4.98 Å². The third-order valence-electron chi connectivity index (χ3n) is 2.50. The number of anilines is 1. The maximum absolute atomic E-state index is 12.0. The number of hydrogen-bond acceptors (Lipinski definition) is 4. The van der Waals surface area contributed by atoms with Gasteiger partial charge in [0.15, 0.2) is 11.3 Å². The van der Waals surface area contributed by atoms with Crippen molar-refractivity contribution in [3.8, 4) is 0 Å². The second-order valence-corrected chi connectivity index (χ2v) is 3.70. The first-order valence-corrected chi connectivity index (χ1v) is 5.41. The first-order valence-electron chi connectivity index (χ1n) is 5.41. The number of carbonyl (C=O) groups excluding carboxylic acids is 1. The summed E-state index contributed by atoms with van der Waals surface area (Å²) >= 11 is 0. The number of hydrogen-bond donors (Lipinski definition) is 1. The van der Waals surface area contributed by atoms with Crippen molar-refractivity contribution < 1.29 is 9.32 Å². The van der Waals surface area contributed by atoms with Crippen LogP contribution in [0.15, 0.2) is 53.2 Å². The largest absolute Gasteiger partial charge is 0.355 e. The molecule has 1 aromatic carbocycles. The van der Waals surface area contributed by atoms with E-state index >= 15 is 0 Å². The number of pyridine rings is 1. The van der Waals surface area contributed by atoms with Crippen molar-refractivity contribution in [3.05, 3.63) is 54.4 Å². The van der Waals surface area contributed by atoms with Gasteiger partial charge in [-0.2, -0.15) is 0 Å². The molecule has 3 rings (SSSR count). The van der Waals surface area contributed by atoms with E-state index in [1.54, 1.807) is 36.5 Å². The van der Waals surface area contributed by atoms with E-state index in [9.17, 15) is 4.79 Å². The maximum Gasteiger partial charge on any atom is 0.279 e. The highest BCUT2D eigenvalue weighted by Crippen LogP contribution is 2.18. The molecule has 2 aromatic heterocycles. The zero-order chi connectivity index (χ0) is 12.4. The Morgan fingerprint density at radius 3 is 2.78 bits per heavy atom. The van der Waals surface area contributed by atoms with Crippen LogP contribution in [0.25, 0.3) is 11.0 Å². The van der Waals surface area contributed by atoms with Crippen molar-refractivity contribution in [1.82, 2.24) is 10.1 Å². The fourth-order valence-electron chi connectivity index (χ4n) is 1.66. The van der Waals surface area contributed by atoms with E-state index in [0.717, 1.165) is 0 Å². The van der Waals surface area contributed by atoms with Gasteiger partial charge < -0.3 is 9.84 Å². The predicted molar refractivity (Wildman–Crippen MR) is 66.2 cm³/mol. The van der Waals surface area contributed by atoms with Gasteiger partial charge in [-0.1, -0.05) is 23.4 Å². The molecule has 2 heterocycles. The number of nitrogens with one attached hydrogen (secondary N) is 1. The minimum absolute atomic E-state index is 0.260. The number of aromatic nitrogens is 2. The van der Waals surface area contributed by atoms with Crippen LogP contribution in [0, 0.1) is 0 Å².